The smallest absolute Gasteiger partial charge is 0.185 e. The van der Waals surface area contributed by atoms with Gasteiger partial charge >= 0.3 is 0 Å². The van der Waals surface area contributed by atoms with Crippen molar-refractivity contribution in [2.24, 2.45) is 5.73 Å². The van der Waals surface area contributed by atoms with Gasteiger partial charge in [0, 0.05) is 24.5 Å². The van der Waals surface area contributed by atoms with Gasteiger partial charge in [-0.05, 0) is 40.4 Å². The fourth-order valence-corrected chi connectivity index (χ4v) is 3.14. The van der Waals surface area contributed by atoms with Crippen LogP contribution in [0.15, 0.2) is 0 Å². The van der Waals surface area contributed by atoms with Crippen LogP contribution in [0.2, 0.25) is 0 Å². The molecule has 1 rings (SSSR count). The number of thiazole rings is 1. The number of hydrogen-bond donors (Lipinski definition) is 1. The molecule has 19 heavy (non-hydrogen) atoms. The zero-order valence-electron chi connectivity index (χ0n) is 12.8. The molecule has 1 aromatic heterocycles. The van der Waals surface area contributed by atoms with E-state index in [0.717, 1.165) is 37.6 Å². The van der Waals surface area contributed by atoms with Crippen molar-refractivity contribution in [2.45, 2.75) is 39.7 Å². The van der Waals surface area contributed by atoms with Crippen molar-refractivity contribution in [3.8, 4) is 0 Å². The second-order valence-electron chi connectivity index (χ2n) is 5.06. The lowest BCUT2D eigenvalue weighted by atomic mass is 10.2. The summed E-state index contributed by atoms with van der Waals surface area (Å²) in [6.45, 7) is 8.19. The van der Waals surface area contributed by atoms with Gasteiger partial charge < -0.3 is 15.5 Å². The zero-order chi connectivity index (χ0) is 14.3. The first kappa shape index (κ1) is 16.4. The lowest BCUT2D eigenvalue weighted by molar-refractivity contribution is 0.400. The quantitative estimate of drug-likeness (QED) is 0.756. The molecule has 5 heteroatoms. The van der Waals surface area contributed by atoms with Crippen LogP contribution in [0.5, 0.6) is 0 Å². The molecule has 0 saturated heterocycles. The van der Waals surface area contributed by atoms with E-state index in [4.69, 9.17) is 10.7 Å². The van der Waals surface area contributed by atoms with Crippen molar-refractivity contribution in [2.75, 3.05) is 38.6 Å². The Kier molecular flexibility index (Phi) is 7.34. The molecule has 0 aliphatic rings. The molecule has 1 aromatic rings. The van der Waals surface area contributed by atoms with Crippen LogP contribution in [0.25, 0.3) is 0 Å². The first-order valence-electron chi connectivity index (χ1n) is 7.20. The van der Waals surface area contributed by atoms with E-state index in [1.165, 1.54) is 17.0 Å². The molecule has 0 aliphatic carbocycles. The summed E-state index contributed by atoms with van der Waals surface area (Å²) >= 11 is 1.77. The largest absolute Gasteiger partial charge is 0.348 e. The van der Waals surface area contributed by atoms with Crippen LogP contribution in [0.3, 0.4) is 0 Å². The highest BCUT2D eigenvalue weighted by molar-refractivity contribution is 7.15. The SMILES string of the molecule is CCCc1nc(N(CC)CCCN(C)C)sc1CN. The van der Waals surface area contributed by atoms with Crippen LogP contribution in [0.4, 0.5) is 5.13 Å². The van der Waals surface area contributed by atoms with E-state index in [0.29, 0.717) is 6.54 Å². The molecule has 4 nitrogen and oxygen atoms in total. The van der Waals surface area contributed by atoms with E-state index in [1.807, 2.05) is 0 Å². The zero-order valence-corrected chi connectivity index (χ0v) is 13.6. The lowest BCUT2D eigenvalue weighted by Gasteiger charge is -2.20. The van der Waals surface area contributed by atoms with Gasteiger partial charge in [-0.3, -0.25) is 0 Å². The van der Waals surface area contributed by atoms with Crippen LogP contribution in [0.1, 0.15) is 37.3 Å². The third-order valence-corrected chi connectivity index (χ3v) is 4.31. The predicted molar refractivity (Wildman–Crippen MR) is 85.1 cm³/mol. The molecule has 0 spiro atoms. The van der Waals surface area contributed by atoms with Gasteiger partial charge in [0.25, 0.3) is 0 Å². The van der Waals surface area contributed by atoms with Gasteiger partial charge in [-0.1, -0.05) is 13.3 Å². The molecule has 110 valence electrons. The molecule has 0 amide bonds. The minimum absolute atomic E-state index is 0.613. The number of rotatable bonds is 9. The Hall–Kier alpha value is -0.650. The first-order valence-corrected chi connectivity index (χ1v) is 8.02. The standard InChI is InChI=1S/C14H28N4S/c1-5-8-12-13(11-15)19-14(16-12)18(6-2)10-7-9-17(3)4/h5-11,15H2,1-4H3. The molecule has 0 aromatic carbocycles. The fourth-order valence-electron chi connectivity index (χ4n) is 2.06. The van der Waals surface area contributed by atoms with Gasteiger partial charge in [0.15, 0.2) is 5.13 Å². The monoisotopic (exact) mass is 284 g/mol. The van der Waals surface area contributed by atoms with Crippen molar-refractivity contribution in [3.63, 3.8) is 0 Å². The minimum atomic E-state index is 0.613. The van der Waals surface area contributed by atoms with E-state index in [-0.39, 0.29) is 0 Å². The maximum Gasteiger partial charge on any atom is 0.185 e. The maximum absolute atomic E-state index is 5.82. The first-order chi connectivity index (χ1) is 9.12. The van der Waals surface area contributed by atoms with Crippen molar-refractivity contribution in [1.29, 1.82) is 0 Å². The van der Waals surface area contributed by atoms with Crippen molar-refractivity contribution >= 4 is 16.5 Å². The lowest BCUT2D eigenvalue weighted by Crippen LogP contribution is -2.26. The summed E-state index contributed by atoms with van der Waals surface area (Å²) in [5, 5.41) is 1.14. The normalized spacial score (nSPS) is 11.3. The van der Waals surface area contributed by atoms with Crippen LogP contribution in [0, 0.1) is 0 Å². The Morgan fingerprint density at radius 1 is 1.21 bits per heavy atom. The summed E-state index contributed by atoms with van der Waals surface area (Å²) in [5.41, 5.74) is 7.03. The second kappa shape index (κ2) is 8.51. The van der Waals surface area contributed by atoms with Gasteiger partial charge in [-0.2, -0.15) is 0 Å². The predicted octanol–water partition coefficient (Wildman–Crippen LogP) is 2.33. The van der Waals surface area contributed by atoms with E-state index < -0.39 is 0 Å². The molecular formula is C14H28N4S. The Balaban J connectivity index is 2.69. The van der Waals surface area contributed by atoms with E-state index in [2.05, 4.69) is 37.7 Å². The Morgan fingerprint density at radius 2 is 1.95 bits per heavy atom. The summed E-state index contributed by atoms with van der Waals surface area (Å²) in [7, 11) is 4.23. The van der Waals surface area contributed by atoms with E-state index in [9.17, 15) is 0 Å². The van der Waals surface area contributed by atoms with E-state index in [1.54, 1.807) is 11.3 Å². The summed E-state index contributed by atoms with van der Waals surface area (Å²) in [4.78, 5) is 10.6. The van der Waals surface area contributed by atoms with Gasteiger partial charge in [-0.15, -0.1) is 11.3 Å². The molecule has 1 heterocycles. The van der Waals surface area contributed by atoms with Gasteiger partial charge in [0.1, 0.15) is 0 Å². The van der Waals surface area contributed by atoms with Crippen molar-refractivity contribution < 1.29 is 0 Å². The van der Waals surface area contributed by atoms with Crippen molar-refractivity contribution in [3.05, 3.63) is 10.6 Å². The summed E-state index contributed by atoms with van der Waals surface area (Å²) in [6.07, 6.45) is 3.34. The van der Waals surface area contributed by atoms with Crippen LogP contribution in [-0.2, 0) is 13.0 Å². The molecule has 0 radical (unpaired) electrons. The van der Waals surface area contributed by atoms with Gasteiger partial charge in [0.05, 0.1) is 5.69 Å². The maximum atomic E-state index is 5.82. The average molecular weight is 284 g/mol. The highest BCUT2D eigenvalue weighted by atomic mass is 32.1. The number of anilines is 1. The number of aryl methyl sites for hydroxylation is 1. The summed E-state index contributed by atoms with van der Waals surface area (Å²) < 4.78 is 0. The summed E-state index contributed by atoms with van der Waals surface area (Å²) in [5.74, 6) is 0. The van der Waals surface area contributed by atoms with Gasteiger partial charge in [-0.25, -0.2) is 4.98 Å². The number of aromatic nitrogens is 1. The number of nitrogens with two attached hydrogens (primary N) is 1. The van der Waals surface area contributed by atoms with Crippen molar-refractivity contribution in [1.82, 2.24) is 9.88 Å². The molecular weight excluding hydrogens is 256 g/mol. The van der Waals surface area contributed by atoms with Crippen LogP contribution < -0.4 is 10.6 Å². The Morgan fingerprint density at radius 3 is 2.47 bits per heavy atom. The van der Waals surface area contributed by atoms with Gasteiger partial charge in [0.2, 0.25) is 0 Å². The fraction of sp³-hybridized carbons (Fsp3) is 0.786. The molecule has 0 fully saturated rings. The van der Waals surface area contributed by atoms with E-state index >= 15 is 0 Å². The molecule has 0 unspecified atom stereocenters. The molecule has 0 saturated carbocycles. The molecule has 2 N–H and O–H groups in total. The minimum Gasteiger partial charge on any atom is -0.348 e. The van der Waals surface area contributed by atoms with Crippen LogP contribution in [-0.4, -0.2) is 43.6 Å². The summed E-state index contributed by atoms with van der Waals surface area (Å²) in [6, 6.07) is 0. The third kappa shape index (κ3) is 5.09. The molecule has 0 aliphatic heterocycles. The average Bonchev–Trinajstić information content (AvgIpc) is 2.78. The molecule has 0 bridgehead atoms. The third-order valence-electron chi connectivity index (χ3n) is 3.12. The Labute approximate surface area is 121 Å². The van der Waals surface area contributed by atoms with Crippen LogP contribution >= 0.6 is 11.3 Å². The highest BCUT2D eigenvalue weighted by Gasteiger charge is 2.13. The molecule has 0 atom stereocenters. The topological polar surface area (TPSA) is 45.4 Å². The highest BCUT2D eigenvalue weighted by Crippen LogP contribution is 2.27. The Bertz CT molecular complexity index is 362. The number of hydrogen-bond acceptors (Lipinski definition) is 5. The second-order valence-corrected chi connectivity index (χ2v) is 6.12. The number of nitrogens with zero attached hydrogens (tertiary/aromatic N) is 3.